The van der Waals surface area contributed by atoms with E-state index in [1.807, 2.05) is 26.8 Å². The summed E-state index contributed by atoms with van der Waals surface area (Å²) < 4.78 is 1.06. The van der Waals surface area contributed by atoms with Crippen LogP contribution in [-0.2, 0) is 0 Å². The highest BCUT2D eigenvalue weighted by molar-refractivity contribution is 9.11. The molecule has 0 aromatic heterocycles. The molecule has 0 spiro atoms. The maximum Gasteiger partial charge on any atom is 0.0587 e. The van der Waals surface area contributed by atoms with Crippen molar-refractivity contribution >= 4 is 22.1 Å². The van der Waals surface area contributed by atoms with Crippen LogP contribution in [0.15, 0.2) is 52.1 Å². The molecule has 0 heterocycles. The first-order chi connectivity index (χ1) is 7.61. The van der Waals surface area contributed by atoms with Crippen LogP contribution in [0.4, 0.5) is 0 Å². The molecule has 16 heavy (non-hydrogen) atoms. The smallest absolute Gasteiger partial charge is 0.0587 e. The second kappa shape index (κ2) is 12.2. The maximum absolute atomic E-state index is 4.10. The Balaban J connectivity index is 0. The van der Waals surface area contributed by atoms with Crippen LogP contribution >= 0.6 is 15.9 Å². The third-order valence-corrected chi connectivity index (χ3v) is 2.10. The van der Waals surface area contributed by atoms with Crippen LogP contribution in [-0.4, -0.2) is 6.21 Å². The van der Waals surface area contributed by atoms with E-state index in [1.165, 1.54) is 0 Å². The van der Waals surface area contributed by atoms with Crippen molar-refractivity contribution in [2.24, 2.45) is 4.99 Å². The molecule has 0 radical (unpaired) electrons. The molecule has 0 aromatic rings. The Hall–Kier alpha value is -0.890. The third kappa shape index (κ3) is 9.66. The third-order valence-electron chi connectivity index (χ3n) is 1.54. The van der Waals surface area contributed by atoms with Crippen molar-refractivity contribution in [1.82, 2.24) is 0 Å². The number of hydrogen-bond donors (Lipinski definition) is 0. The Morgan fingerprint density at radius 1 is 1.38 bits per heavy atom. The lowest BCUT2D eigenvalue weighted by Crippen LogP contribution is -1.80. The molecule has 0 amide bonds. The molecule has 0 aliphatic rings. The molecule has 0 N–H and O–H groups in total. The van der Waals surface area contributed by atoms with Gasteiger partial charge in [-0.1, -0.05) is 62.0 Å². The van der Waals surface area contributed by atoms with Gasteiger partial charge in [0, 0.05) is 10.7 Å². The van der Waals surface area contributed by atoms with Crippen LogP contribution in [0.2, 0.25) is 0 Å². The minimum atomic E-state index is 0.756. The van der Waals surface area contributed by atoms with Crippen LogP contribution in [0.25, 0.3) is 0 Å². The van der Waals surface area contributed by atoms with E-state index >= 15 is 0 Å². The molecule has 0 saturated carbocycles. The molecule has 0 fully saturated rings. The van der Waals surface area contributed by atoms with E-state index in [2.05, 4.69) is 47.1 Å². The zero-order chi connectivity index (χ0) is 13.0. The van der Waals surface area contributed by atoms with Gasteiger partial charge in [-0.3, -0.25) is 4.99 Å². The first kappa shape index (κ1) is 17.5. The Morgan fingerprint density at radius 2 is 1.94 bits per heavy atom. The van der Waals surface area contributed by atoms with Crippen LogP contribution < -0.4 is 0 Å². The summed E-state index contributed by atoms with van der Waals surface area (Å²) in [6.45, 7) is 15.5. The van der Waals surface area contributed by atoms with E-state index in [1.54, 1.807) is 12.3 Å². The van der Waals surface area contributed by atoms with Gasteiger partial charge in [0.2, 0.25) is 0 Å². The van der Waals surface area contributed by atoms with Crippen molar-refractivity contribution in [3.63, 3.8) is 0 Å². The molecular weight excluding hydrogens is 262 g/mol. The Labute approximate surface area is 108 Å². The van der Waals surface area contributed by atoms with Crippen LogP contribution in [0.3, 0.4) is 0 Å². The summed E-state index contributed by atoms with van der Waals surface area (Å²) in [4.78, 5) is 4.10. The van der Waals surface area contributed by atoms with Crippen molar-refractivity contribution in [3.05, 3.63) is 47.1 Å². The Bertz CT molecular complexity index is 296. The zero-order valence-electron chi connectivity index (χ0n) is 10.8. The van der Waals surface area contributed by atoms with E-state index in [0.717, 1.165) is 22.2 Å². The predicted octanol–water partition coefficient (Wildman–Crippen LogP) is 5.42. The van der Waals surface area contributed by atoms with Gasteiger partial charge in [-0.25, -0.2) is 0 Å². The van der Waals surface area contributed by atoms with E-state index in [9.17, 15) is 0 Å². The zero-order valence-corrected chi connectivity index (χ0v) is 12.3. The minimum Gasteiger partial charge on any atom is -0.257 e. The molecule has 1 nitrogen and oxygen atoms in total. The van der Waals surface area contributed by atoms with E-state index in [0.29, 0.717) is 0 Å². The first-order valence-electron chi connectivity index (χ1n) is 5.50. The minimum absolute atomic E-state index is 0.756. The van der Waals surface area contributed by atoms with Gasteiger partial charge in [-0.15, -0.1) is 0 Å². The number of aliphatic imine (C=N–C) groups is 1. The molecule has 0 aliphatic heterocycles. The van der Waals surface area contributed by atoms with Gasteiger partial charge in [-0.2, -0.15) is 0 Å². The fraction of sp³-hybridized carbons (Fsp3) is 0.357. The van der Waals surface area contributed by atoms with Crippen LogP contribution in [0.1, 0.15) is 34.1 Å². The second-order valence-corrected chi connectivity index (χ2v) is 3.70. The topological polar surface area (TPSA) is 12.4 Å². The summed E-state index contributed by atoms with van der Waals surface area (Å²) in [5, 5.41) is 0. The van der Waals surface area contributed by atoms with Gasteiger partial charge in [0.1, 0.15) is 0 Å². The quantitative estimate of drug-likeness (QED) is 0.472. The van der Waals surface area contributed by atoms with Crippen LogP contribution in [0.5, 0.6) is 0 Å². The summed E-state index contributed by atoms with van der Waals surface area (Å²) in [7, 11) is 0. The van der Waals surface area contributed by atoms with Crippen molar-refractivity contribution in [3.8, 4) is 0 Å². The number of rotatable bonds is 5. The molecule has 0 rings (SSSR count). The second-order valence-electron chi connectivity index (χ2n) is 2.79. The highest BCUT2D eigenvalue weighted by Crippen LogP contribution is 2.15. The number of allylic oxidation sites excluding steroid dienone is 5. The van der Waals surface area contributed by atoms with Gasteiger partial charge < -0.3 is 0 Å². The van der Waals surface area contributed by atoms with Crippen molar-refractivity contribution in [2.45, 2.75) is 34.1 Å². The summed E-state index contributed by atoms with van der Waals surface area (Å²) in [5.41, 5.74) is 1.80. The molecule has 0 aromatic carbocycles. The summed E-state index contributed by atoms with van der Waals surface area (Å²) >= 11 is 3.45. The standard InChI is InChI=1S/C12H16BrN.C2H6/c1-5-7-12(13)9-10(3)11(4)14-8-6-2;1-2/h6-9H,2,4-5H2,1,3H3;1-2H3/b10-9+,12-7+,14-8?;. The maximum atomic E-state index is 4.10. The molecule has 0 unspecified atom stereocenters. The molecule has 2 heteroatoms. The highest BCUT2D eigenvalue weighted by atomic mass is 79.9. The SMILES string of the molecule is C=CC=NC(=C)/C(C)=C/C(Br)=C\CC.CC. The Morgan fingerprint density at radius 3 is 2.38 bits per heavy atom. The first-order valence-corrected chi connectivity index (χ1v) is 6.29. The molecule has 0 aliphatic carbocycles. The van der Waals surface area contributed by atoms with Crippen molar-refractivity contribution in [1.29, 1.82) is 0 Å². The van der Waals surface area contributed by atoms with Gasteiger partial charge in [-0.05, 0) is 25.0 Å². The van der Waals surface area contributed by atoms with Crippen molar-refractivity contribution in [2.75, 3.05) is 0 Å². The van der Waals surface area contributed by atoms with E-state index in [4.69, 9.17) is 0 Å². The number of nitrogens with zero attached hydrogens (tertiary/aromatic N) is 1. The largest absolute Gasteiger partial charge is 0.257 e. The normalized spacial score (nSPS) is 12.1. The average molecular weight is 284 g/mol. The molecule has 0 saturated heterocycles. The molecular formula is C14H22BrN. The van der Waals surface area contributed by atoms with E-state index in [-0.39, 0.29) is 0 Å². The highest BCUT2D eigenvalue weighted by Gasteiger charge is 1.93. The van der Waals surface area contributed by atoms with Crippen molar-refractivity contribution < 1.29 is 0 Å². The predicted molar refractivity (Wildman–Crippen MR) is 80.2 cm³/mol. The lowest BCUT2D eigenvalue weighted by atomic mass is 10.2. The van der Waals surface area contributed by atoms with Gasteiger partial charge >= 0.3 is 0 Å². The monoisotopic (exact) mass is 283 g/mol. The van der Waals surface area contributed by atoms with Gasteiger partial charge in [0.15, 0.2) is 0 Å². The summed E-state index contributed by atoms with van der Waals surface area (Å²) in [6.07, 6.45) is 8.37. The van der Waals surface area contributed by atoms with Crippen LogP contribution in [0, 0.1) is 0 Å². The van der Waals surface area contributed by atoms with Gasteiger partial charge in [0.05, 0.1) is 5.70 Å². The number of hydrogen-bond acceptors (Lipinski definition) is 1. The summed E-state index contributed by atoms with van der Waals surface area (Å²) in [6, 6.07) is 0. The summed E-state index contributed by atoms with van der Waals surface area (Å²) in [5.74, 6) is 0. The number of halogens is 1. The van der Waals surface area contributed by atoms with E-state index < -0.39 is 0 Å². The lowest BCUT2D eigenvalue weighted by molar-refractivity contribution is 1.22. The lowest BCUT2D eigenvalue weighted by Gasteiger charge is -1.98. The Kier molecular flexibility index (Phi) is 13.3. The molecule has 90 valence electrons. The molecule has 0 bridgehead atoms. The average Bonchev–Trinajstić information content (AvgIpc) is 2.28. The van der Waals surface area contributed by atoms with Gasteiger partial charge in [0.25, 0.3) is 0 Å². The molecule has 0 atom stereocenters. The fourth-order valence-electron chi connectivity index (χ4n) is 0.789. The fourth-order valence-corrected chi connectivity index (χ4v) is 1.46.